The summed E-state index contributed by atoms with van der Waals surface area (Å²) < 4.78 is 0. The number of carbonyl (C=O) groups is 4. The third kappa shape index (κ3) is 12.3. The highest BCUT2D eigenvalue weighted by Crippen LogP contribution is 2.22. The third-order valence-corrected chi connectivity index (χ3v) is 7.01. The van der Waals surface area contributed by atoms with Crippen molar-refractivity contribution in [2.75, 3.05) is 13.1 Å². The van der Waals surface area contributed by atoms with Gasteiger partial charge in [0.05, 0.1) is 12.6 Å². The lowest BCUT2D eigenvalue weighted by molar-refractivity contribution is -0.133. The van der Waals surface area contributed by atoms with E-state index in [9.17, 15) is 24.3 Å². The van der Waals surface area contributed by atoms with Crippen LogP contribution in [0.2, 0.25) is 0 Å². The molecule has 4 amide bonds. The molecule has 0 spiro atoms. The van der Waals surface area contributed by atoms with Crippen molar-refractivity contribution in [3.8, 4) is 5.75 Å². The van der Waals surface area contributed by atoms with Crippen LogP contribution in [0.3, 0.4) is 0 Å². The van der Waals surface area contributed by atoms with Gasteiger partial charge in [0.1, 0.15) is 17.8 Å². The molecule has 0 aromatic heterocycles. The van der Waals surface area contributed by atoms with Crippen LogP contribution in [0.5, 0.6) is 5.75 Å². The average molecular weight is 623 g/mol. The number of phenolic OH excluding ortho intramolecular Hbond substituents is 1. The van der Waals surface area contributed by atoms with Crippen molar-refractivity contribution in [2.45, 2.75) is 71.5 Å². The summed E-state index contributed by atoms with van der Waals surface area (Å²) in [5.74, 6) is -2.56. The molecule has 0 unspecified atom stereocenters. The van der Waals surface area contributed by atoms with Crippen molar-refractivity contribution in [1.29, 1.82) is 0 Å². The minimum atomic E-state index is -1.10. The van der Waals surface area contributed by atoms with E-state index in [0.717, 1.165) is 33.4 Å². The number of hydrogen-bond donors (Lipinski definition) is 8. The number of rotatable bonds is 16. The molecular weight excluding hydrogens is 576 g/mol. The van der Waals surface area contributed by atoms with Crippen LogP contribution in [0.4, 0.5) is 0 Å². The molecule has 12 N–H and O–H groups in total. The normalized spacial score (nSPS) is 12.6. The van der Waals surface area contributed by atoms with Gasteiger partial charge in [0.15, 0.2) is 5.96 Å². The van der Waals surface area contributed by atoms with Gasteiger partial charge in [-0.25, -0.2) is 0 Å². The molecule has 0 bridgehead atoms. The second-order valence-corrected chi connectivity index (χ2v) is 11.2. The summed E-state index contributed by atoms with van der Waals surface area (Å²) in [7, 11) is 0. The highest BCUT2D eigenvalue weighted by Gasteiger charge is 2.29. The Hall–Kier alpha value is -4.91. The van der Waals surface area contributed by atoms with Gasteiger partial charge in [0.2, 0.25) is 23.6 Å². The van der Waals surface area contributed by atoms with E-state index in [2.05, 4.69) is 20.9 Å². The van der Waals surface area contributed by atoms with Gasteiger partial charge in [-0.15, -0.1) is 0 Å². The Morgan fingerprint density at radius 2 is 1.53 bits per heavy atom. The van der Waals surface area contributed by atoms with Gasteiger partial charge in [0.25, 0.3) is 0 Å². The average Bonchev–Trinajstić information content (AvgIpc) is 2.95. The van der Waals surface area contributed by atoms with Crippen LogP contribution >= 0.6 is 0 Å². The number of hydrogen-bond acceptors (Lipinski definition) is 7. The summed E-state index contributed by atoms with van der Waals surface area (Å²) in [6.07, 6.45) is 2.71. The van der Waals surface area contributed by atoms with Crippen LogP contribution in [0.15, 0.2) is 47.0 Å². The Bertz CT molecular complexity index is 1410. The maximum absolute atomic E-state index is 13.7. The topological polar surface area (TPSA) is 241 Å². The monoisotopic (exact) mass is 622 g/mol. The Labute approximate surface area is 263 Å². The number of benzene rings is 2. The maximum atomic E-state index is 13.7. The Kier molecular flexibility index (Phi) is 14.0. The molecule has 13 heteroatoms. The molecule has 0 aliphatic carbocycles. The first kappa shape index (κ1) is 36.3. The zero-order valence-corrected chi connectivity index (χ0v) is 26.4. The second kappa shape index (κ2) is 17.4. The molecule has 2 rings (SSSR count). The number of aryl methyl sites for hydroxylation is 2. The number of amides is 4. The molecule has 0 saturated carbocycles. The van der Waals surface area contributed by atoms with Gasteiger partial charge in [-0.2, -0.15) is 0 Å². The van der Waals surface area contributed by atoms with Crippen LogP contribution in [0, 0.1) is 13.8 Å². The molecule has 45 heavy (non-hydrogen) atoms. The fourth-order valence-corrected chi connectivity index (χ4v) is 4.83. The van der Waals surface area contributed by atoms with E-state index in [1.54, 1.807) is 12.1 Å². The van der Waals surface area contributed by atoms with Crippen molar-refractivity contribution in [3.05, 3.63) is 69.8 Å². The highest BCUT2D eigenvalue weighted by atomic mass is 16.3. The van der Waals surface area contributed by atoms with Crippen LogP contribution in [0.1, 0.15) is 54.5 Å². The van der Waals surface area contributed by atoms with E-state index >= 15 is 0 Å². The number of primary amides is 1. The van der Waals surface area contributed by atoms with Crippen molar-refractivity contribution in [3.63, 3.8) is 0 Å². The minimum absolute atomic E-state index is 0.101. The van der Waals surface area contributed by atoms with Gasteiger partial charge < -0.3 is 44.0 Å². The molecule has 2 aromatic rings. The van der Waals surface area contributed by atoms with Crippen LogP contribution in [-0.4, -0.2) is 65.9 Å². The Balaban J connectivity index is 2.32. The number of nitrogens with one attached hydrogen (secondary N) is 3. The van der Waals surface area contributed by atoms with Gasteiger partial charge in [-0.05, 0) is 86.9 Å². The molecule has 2 aromatic carbocycles. The molecule has 244 valence electrons. The number of nitrogens with two attached hydrogens (primary N) is 4. The first-order valence-electron chi connectivity index (χ1n) is 14.7. The predicted octanol–water partition coefficient (Wildman–Crippen LogP) is 0.169. The van der Waals surface area contributed by atoms with Crippen molar-refractivity contribution < 1.29 is 24.3 Å². The highest BCUT2D eigenvalue weighted by molar-refractivity contribution is 5.94. The number of phenols is 1. The minimum Gasteiger partial charge on any atom is -0.508 e. The number of allylic oxidation sites excluding steroid dienone is 1. The first-order chi connectivity index (χ1) is 21.2. The van der Waals surface area contributed by atoms with Gasteiger partial charge in [0, 0.05) is 13.0 Å². The smallest absolute Gasteiger partial charge is 0.243 e. The molecule has 3 atom stereocenters. The van der Waals surface area contributed by atoms with E-state index in [4.69, 9.17) is 22.9 Å². The quantitative estimate of drug-likeness (QED) is 0.0727. The molecule has 0 heterocycles. The predicted molar refractivity (Wildman–Crippen MR) is 175 cm³/mol. The van der Waals surface area contributed by atoms with E-state index < -0.39 is 48.3 Å². The number of aromatic hydroxyl groups is 1. The standard InChI is InChI=1S/C32H46N8O5/c1-18(2)12-21-8-5-6-9-22(21)15-27(30(44)38-17-28(34)42)40-31(45)26(10-7-11-37-32(35)36)39-29(43)25(33)16-24-19(3)13-23(41)14-20(24)4/h5-6,8-9,12-14,25-27,41H,7,10-11,15-17,33H2,1-4H3,(H2,34,42)(H,38,44)(H,39,43)(H,40,45)(H4,35,36,37)/t25-,26+,27-/m0/s1. The Morgan fingerprint density at radius 3 is 2.13 bits per heavy atom. The van der Waals surface area contributed by atoms with Gasteiger partial charge >= 0.3 is 0 Å². The lowest BCUT2D eigenvalue weighted by Gasteiger charge is -2.25. The van der Waals surface area contributed by atoms with E-state index in [-0.39, 0.29) is 37.5 Å². The molecular formula is C32H46N8O5. The van der Waals surface area contributed by atoms with Gasteiger partial charge in [-0.3, -0.25) is 24.2 Å². The number of carbonyl (C=O) groups excluding carboxylic acids is 4. The largest absolute Gasteiger partial charge is 0.508 e. The lowest BCUT2D eigenvalue weighted by atomic mass is 9.95. The summed E-state index contributed by atoms with van der Waals surface area (Å²) in [5, 5.41) is 17.8. The molecule has 0 aliphatic heterocycles. The second-order valence-electron chi connectivity index (χ2n) is 11.2. The summed E-state index contributed by atoms with van der Waals surface area (Å²) in [4.78, 5) is 55.4. The third-order valence-electron chi connectivity index (χ3n) is 7.01. The van der Waals surface area contributed by atoms with E-state index in [1.807, 2.05) is 58.0 Å². The Morgan fingerprint density at radius 1 is 0.911 bits per heavy atom. The number of guanidine groups is 1. The van der Waals surface area contributed by atoms with Crippen molar-refractivity contribution in [1.82, 2.24) is 16.0 Å². The molecule has 0 fully saturated rings. The summed E-state index contributed by atoms with van der Waals surface area (Å²) in [5.41, 5.74) is 27.4. The van der Waals surface area contributed by atoms with Crippen LogP contribution < -0.4 is 38.9 Å². The molecule has 13 nitrogen and oxygen atoms in total. The van der Waals surface area contributed by atoms with Crippen LogP contribution in [0.25, 0.3) is 6.08 Å². The van der Waals surface area contributed by atoms with Crippen molar-refractivity contribution >= 4 is 35.7 Å². The SMILES string of the molecule is CC(C)=Cc1ccccc1C[C@H](NC(=O)[C@@H](CCCN=C(N)N)NC(=O)[C@@H](N)Cc1c(C)cc(O)cc1C)C(=O)NCC(N)=O. The lowest BCUT2D eigenvalue weighted by Crippen LogP contribution is -2.57. The van der Waals surface area contributed by atoms with E-state index in [0.29, 0.717) is 6.42 Å². The first-order valence-corrected chi connectivity index (χ1v) is 14.7. The molecule has 0 radical (unpaired) electrons. The van der Waals surface area contributed by atoms with E-state index in [1.165, 1.54) is 0 Å². The number of nitrogens with zero attached hydrogens (tertiary/aromatic N) is 1. The maximum Gasteiger partial charge on any atom is 0.243 e. The molecule has 0 saturated heterocycles. The molecule has 0 aliphatic rings. The summed E-state index contributed by atoms with van der Waals surface area (Å²) in [6, 6.07) is 7.42. The number of aliphatic imine (C=N–C) groups is 1. The zero-order valence-electron chi connectivity index (χ0n) is 26.4. The summed E-state index contributed by atoms with van der Waals surface area (Å²) in [6.45, 7) is 7.31. The zero-order chi connectivity index (χ0) is 33.7. The van der Waals surface area contributed by atoms with Crippen LogP contribution in [-0.2, 0) is 32.0 Å². The van der Waals surface area contributed by atoms with Gasteiger partial charge in [-0.1, -0.05) is 35.9 Å². The fraction of sp³-hybridized carbons (Fsp3) is 0.406. The van der Waals surface area contributed by atoms with Crippen molar-refractivity contribution in [2.24, 2.45) is 27.9 Å². The summed E-state index contributed by atoms with van der Waals surface area (Å²) >= 11 is 0. The fourth-order valence-electron chi connectivity index (χ4n) is 4.83.